The van der Waals surface area contributed by atoms with Crippen molar-refractivity contribution >= 4 is 5.78 Å². The number of carbonyl (C=O) groups excluding carboxylic acids is 1. The van der Waals surface area contributed by atoms with Crippen molar-refractivity contribution < 1.29 is 14.3 Å². The Labute approximate surface area is 170 Å². The van der Waals surface area contributed by atoms with Crippen LogP contribution in [-0.4, -0.2) is 25.3 Å². The second-order valence-corrected chi connectivity index (χ2v) is 11.0. The Morgan fingerprint density at radius 2 is 1.79 bits per heavy atom. The van der Waals surface area contributed by atoms with Crippen LogP contribution in [0.5, 0.6) is 0 Å². The molecular formula is C25H38O3. The minimum absolute atomic E-state index is 0.00909. The van der Waals surface area contributed by atoms with Gasteiger partial charge < -0.3 is 9.47 Å². The van der Waals surface area contributed by atoms with Gasteiger partial charge in [-0.1, -0.05) is 26.3 Å². The lowest BCUT2D eigenvalue weighted by Crippen LogP contribution is -2.51. The molecule has 28 heavy (non-hydrogen) atoms. The van der Waals surface area contributed by atoms with Crippen LogP contribution in [-0.2, 0) is 14.3 Å². The number of rotatable bonds is 2. The third-order valence-corrected chi connectivity index (χ3v) is 9.95. The van der Waals surface area contributed by atoms with Crippen LogP contribution in [0, 0.1) is 40.4 Å². The zero-order valence-corrected chi connectivity index (χ0v) is 18.0. The molecule has 4 aliphatic carbocycles. The van der Waals surface area contributed by atoms with Crippen molar-refractivity contribution in [3.8, 4) is 0 Å². The van der Waals surface area contributed by atoms with Crippen LogP contribution < -0.4 is 0 Å². The molecule has 3 nitrogen and oxygen atoms in total. The fraction of sp³-hybridized carbons (Fsp3) is 0.880. The Morgan fingerprint density at radius 3 is 2.57 bits per heavy atom. The molecule has 0 N–H and O–H groups in total. The lowest BCUT2D eigenvalue weighted by atomic mass is 9.46. The third-order valence-electron chi connectivity index (χ3n) is 9.95. The van der Waals surface area contributed by atoms with Crippen molar-refractivity contribution in [1.29, 1.82) is 0 Å². The molecule has 4 fully saturated rings. The van der Waals surface area contributed by atoms with Gasteiger partial charge in [-0.15, -0.1) is 0 Å². The lowest BCUT2D eigenvalue weighted by molar-refractivity contribution is -0.218. The van der Waals surface area contributed by atoms with Crippen molar-refractivity contribution in [2.24, 2.45) is 40.4 Å². The SMILES string of the molecule is C[C@H](C1OCCCO1)[C@H]1CC[C@H]2[C@@H]3CCC4=CC(=O)CC[C@]4(C)[C@H]3CC[C@]12C. The molecule has 5 aliphatic rings. The quantitative estimate of drug-likeness (QED) is 0.625. The predicted molar refractivity (Wildman–Crippen MR) is 110 cm³/mol. The van der Waals surface area contributed by atoms with E-state index in [9.17, 15) is 4.79 Å². The van der Waals surface area contributed by atoms with E-state index in [1.807, 2.05) is 6.08 Å². The summed E-state index contributed by atoms with van der Waals surface area (Å²) in [6.07, 6.45) is 12.8. The van der Waals surface area contributed by atoms with Gasteiger partial charge in [-0.25, -0.2) is 0 Å². The largest absolute Gasteiger partial charge is 0.352 e. The summed E-state index contributed by atoms with van der Waals surface area (Å²) in [7, 11) is 0. The Morgan fingerprint density at radius 1 is 1.00 bits per heavy atom. The molecule has 3 heteroatoms. The zero-order chi connectivity index (χ0) is 19.5. The Balaban J connectivity index is 1.38. The maximum atomic E-state index is 12.0. The van der Waals surface area contributed by atoms with Gasteiger partial charge in [0, 0.05) is 12.3 Å². The summed E-state index contributed by atoms with van der Waals surface area (Å²) in [5.41, 5.74) is 2.21. The first-order valence-electron chi connectivity index (χ1n) is 11.9. The van der Waals surface area contributed by atoms with Gasteiger partial charge in [0.15, 0.2) is 12.1 Å². The maximum absolute atomic E-state index is 12.0. The molecule has 0 aromatic rings. The van der Waals surface area contributed by atoms with Gasteiger partial charge in [-0.3, -0.25) is 4.79 Å². The Kier molecular flexibility index (Phi) is 4.79. The molecule has 0 aromatic heterocycles. The second-order valence-electron chi connectivity index (χ2n) is 11.0. The van der Waals surface area contributed by atoms with E-state index in [1.54, 1.807) is 0 Å². The molecule has 0 aromatic carbocycles. The number of hydrogen-bond acceptors (Lipinski definition) is 3. The first kappa shape index (κ1) is 19.3. The summed E-state index contributed by atoms with van der Waals surface area (Å²) in [5.74, 6) is 4.06. The Hall–Kier alpha value is -0.670. The summed E-state index contributed by atoms with van der Waals surface area (Å²) >= 11 is 0. The number of fused-ring (bicyclic) bond motifs is 5. The molecule has 0 unspecified atom stereocenters. The van der Waals surface area contributed by atoms with Crippen LogP contribution in [0.25, 0.3) is 0 Å². The molecule has 1 heterocycles. The van der Waals surface area contributed by atoms with Crippen molar-refractivity contribution in [1.82, 2.24) is 0 Å². The van der Waals surface area contributed by atoms with E-state index in [0.29, 0.717) is 17.1 Å². The highest BCUT2D eigenvalue weighted by atomic mass is 16.7. The summed E-state index contributed by atoms with van der Waals surface area (Å²) in [6, 6.07) is 0. The summed E-state index contributed by atoms with van der Waals surface area (Å²) in [5, 5.41) is 0. The first-order chi connectivity index (χ1) is 13.4. The monoisotopic (exact) mass is 386 g/mol. The van der Waals surface area contributed by atoms with Gasteiger partial charge in [0.2, 0.25) is 0 Å². The van der Waals surface area contributed by atoms with Crippen LogP contribution >= 0.6 is 0 Å². The smallest absolute Gasteiger partial charge is 0.160 e. The van der Waals surface area contributed by atoms with Crippen LogP contribution in [0.15, 0.2) is 11.6 Å². The van der Waals surface area contributed by atoms with Crippen LogP contribution in [0.1, 0.15) is 78.6 Å². The molecule has 0 radical (unpaired) electrons. The highest BCUT2D eigenvalue weighted by molar-refractivity contribution is 5.91. The van der Waals surface area contributed by atoms with E-state index in [2.05, 4.69) is 20.8 Å². The Bertz CT molecular complexity index is 663. The number of hydrogen-bond donors (Lipinski definition) is 0. The number of ether oxygens (including phenoxy) is 2. The van der Waals surface area contributed by atoms with Crippen LogP contribution in [0.4, 0.5) is 0 Å². The number of allylic oxidation sites excluding steroid dienone is 1. The second kappa shape index (κ2) is 6.94. The van der Waals surface area contributed by atoms with Crippen molar-refractivity contribution in [3.63, 3.8) is 0 Å². The van der Waals surface area contributed by atoms with E-state index < -0.39 is 0 Å². The molecule has 1 saturated heterocycles. The summed E-state index contributed by atoms with van der Waals surface area (Å²) < 4.78 is 12.0. The number of ketones is 1. The van der Waals surface area contributed by atoms with Gasteiger partial charge in [0.1, 0.15) is 0 Å². The van der Waals surface area contributed by atoms with E-state index in [4.69, 9.17) is 9.47 Å². The average molecular weight is 387 g/mol. The third kappa shape index (κ3) is 2.79. The molecule has 0 spiro atoms. The van der Waals surface area contributed by atoms with Gasteiger partial charge in [0.25, 0.3) is 0 Å². The molecule has 156 valence electrons. The highest BCUT2D eigenvalue weighted by Gasteiger charge is 2.60. The van der Waals surface area contributed by atoms with Crippen molar-refractivity contribution in [2.75, 3.05) is 13.2 Å². The van der Waals surface area contributed by atoms with Gasteiger partial charge in [-0.2, -0.15) is 0 Å². The average Bonchev–Trinajstić information content (AvgIpc) is 3.06. The minimum Gasteiger partial charge on any atom is -0.352 e. The normalized spacial score (nSPS) is 47.7. The van der Waals surface area contributed by atoms with Crippen LogP contribution in [0.3, 0.4) is 0 Å². The first-order valence-corrected chi connectivity index (χ1v) is 11.9. The maximum Gasteiger partial charge on any atom is 0.160 e. The van der Waals surface area contributed by atoms with E-state index >= 15 is 0 Å². The van der Waals surface area contributed by atoms with E-state index in [1.165, 1.54) is 37.7 Å². The lowest BCUT2D eigenvalue weighted by Gasteiger charge is -2.58. The zero-order valence-electron chi connectivity index (χ0n) is 18.0. The van der Waals surface area contributed by atoms with E-state index in [0.717, 1.165) is 62.6 Å². The fourth-order valence-electron chi connectivity index (χ4n) is 8.46. The molecule has 7 atom stereocenters. The topological polar surface area (TPSA) is 35.5 Å². The van der Waals surface area contributed by atoms with Crippen molar-refractivity contribution in [2.45, 2.75) is 84.8 Å². The fourth-order valence-corrected chi connectivity index (χ4v) is 8.46. The number of carbonyl (C=O) groups is 1. The van der Waals surface area contributed by atoms with Gasteiger partial charge >= 0.3 is 0 Å². The van der Waals surface area contributed by atoms with Gasteiger partial charge in [0.05, 0.1) is 13.2 Å². The summed E-state index contributed by atoms with van der Waals surface area (Å²) in [6.45, 7) is 9.19. The minimum atomic E-state index is 0.00909. The van der Waals surface area contributed by atoms with Gasteiger partial charge in [-0.05, 0) is 91.9 Å². The molecule has 1 aliphatic heterocycles. The standard InChI is InChI=1S/C25H38O3/c1-16(23-27-13-4-14-28-23)20-7-8-21-19-6-5-17-15-18(26)9-11-24(17,2)22(19)10-12-25(20,21)3/h15-16,19-23H,4-14H2,1-3H3/t16-,19-,20+,21-,22-,24-,25+/m0/s1. The molecule has 0 bridgehead atoms. The molecule has 5 rings (SSSR count). The summed E-state index contributed by atoms with van der Waals surface area (Å²) in [4.78, 5) is 12.0. The van der Waals surface area contributed by atoms with E-state index in [-0.39, 0.29) is 11.7 Å². The highest BCUT2D eigenvalue weighted by Crippen LogP contribution is 2.67. The van der Waals surface area contributed by atoms with Crippen LogP contribution in [0.2, 0.25) is 0 Å². The molecule has 0 amide bonds. The molecular weight excluding hydrogens is 348 g/mol. The predicted octanol–water partition coefficient (Wildman–Crippen LogP) is 5.53. The van der Waals surface area contributed by atoms with Crippen molar-refractivity contribution in [3.05, 3.63) is 11.6 Å². The molecule has 3 saturated carbocycles.